The van der Waals surface area contributed by atoms with Crippen LogP contribution in [0.4, 0.5) is 0 Å². The van der Waals surface area contributed by atoms with E-state index >= 15 is 0 Å². The maximum absolute atomic E-state index is 5.67. The summed E-state index contributed by atoms with van der Waals surface area (Å²) in [5.41, 5.74) is 1.19. The molecule has 1 heterocycles. The van der Waals surface area contributed by atoms with E-state index in [1.807, 2.05) is 26.0 Å². The molecule has 0 spiro atoms. The molecule has 1 aliphatic heterocycles. The second-order valence-electron chi connectivity index (χ2n) is 6.02. The minimum atomic E-state index is 0. The van der Waals surface area contributed by atoms with E-state index in [-0.39, 0.29) is 30.1 Å². The van der Waals surface area contributed by atoms with Crippen LogP contribution in [-0.2, 0) is 6.54 Å². The SMILES string of the molecule is CCNC(=NCc1ccc(OC(C)C)cc1)NCC1CCCS1.I. The van der Waals surface area contributed by atoms with Gasteiger partial charge in [-0.25, -0.2) is 4.99 Å². The normalized spacial score (nSPS) is 17.5. The van der Waals surface area contributed by atoms with Crippen LogP contribution in [0.3, 0.4) is 0 Å². The highest BCUT2D eigenvalue weighted by molar-refractivity contribution is 14.0. The molecule has 0 radical (unpaired) electrons. The summed E-state index contributed by atoms with van der Waals surface area (Å²) in [7, 11) is 0. The summed E-state index contributed by atoms with van der Waals surface area (Å²) in [6.07, 6.45) is 2.86. The second kappa shape index (κ2) is 11.8. The van der Waals surface area contributed by atoms with Gasteiger partial charge >= 0.3 is 0 Å². The Bertz CT molecular complexity index is 488. The molecule has 0 amide bonds. The number of ether oxygens (including phenoxy) is 1. The number of thioether (sulfide) groups is 1. The molecule has 1 atom stereocenters. The van der Waals surface area contributed by atoms with Gasteiger partial charge in [-0.15, -0.1) is 24.0 Å². The number of hydrogen-bond acceptors (Lipinski definition) is 3. The number of guanidine groups is 1. The molecule has 1 fully saturated rings. The van der Waals surface area contributed by atoms with Crippen LogP contribution in [0.2, 0.25) is 0 Å². The van der Waals surface area contributed by atoms with Gasteiger partial charge in [-0.1, -0.05) is 12.1 Å². The standard InChI is InChI=1S/C18H29N3OS.HI/c1-4-19-18(21-13-17-6-5-11-23-17)20-12-15-7-9-16(10-8-15)22-14(2)3;/h7-10,14,17H,4-6,11-13H2,1-3H3,(H2,19,20,21);1H. The van der Waals surface area contributed by atoms with E-state index in [0.717, 1.165) is 30.0 Å². The second-order valence-corrected chi connectivity index (χ2v) is 7.43. The van der Waals surface area contributed by atoms with Crippen molar-refractivity contribution in [3.05, 3.63) is 29.8 Å². The molecule has 0 aliphatic carbocycles. The highest BCUT2D eigenvalue weighted by Crippen LogP contribution is 2.25. The van der Waals surface area contributed by atoms with Crippen LogP contribution in [0.1, 0.15) is 39.2 Å². The summed E-state index contributed by atoms with van der Waals surface area (Å²) in [6, 6.07) is 8.19. The maximum atomic E-state index is 5.67. The lowest BCUT2D eigenvalue weighted by Crippen LogP contribution is -2.40. The number of benzene rings is 1. The Morgan fingerprint density at radius 1 is 1.29 bits per heavy atom. The van der Waals surface area contributed by atoms with Crippen molar-refractivity contribution in [1.82, 2.24) is 10.6 Å². The van der Waals surface area contributed by atoms with Crippen molar-refractivity contribution in [2.75, 3.05) is 18.8 Å². The molecule has 1 aliphatic rings. The zero-order valence-corrected chi connectivity index (χ0v) is 18.0. The van der Waals surface area contributed by atoms with Crippen molar-refractivity contribution in [2.45, 2.75) is 51.5 Å². The summed E-state index contributed by atoms with van der Waals surface area (Å²) >= 11 is 2.06. The highest BCUT2D eigenvalue weighted by atomic mass is 127. The Morgan fingerprint density at radius 3 is 2.62 bits per heavy atom. The number of hydrogen-bond donors (Lipinski definition) is 2. The molecule has 1 aromatic carbocycles. The van der Waals surface area contributed by atoms with Crippen molar-refractivity contribution in [1.29, 1.82) is 0 Å². The fraction of sp³-hybridized carbons (Fsp3) is 0.611. The van der Waals surface area contributed by atoms with Gasteiger partial charge in [-0.05, 0) is 57.1 Å². The molecular weight excluding hydrogens is 433 g/mol. The van der Waals surface area contributed by atoms with E-state index in [1.54, 1.807) is 0 Å². The van der Waals surface area contributed by atoms with Gasteiger partial charge in [0.05, 0.1) is 12.6 Å². The molecule has 1 saturated heterocycles. The summed E-state index contributed by atoms with van der Waals surface area (Å²) in [4.78, 5) is 4.68. The van der Waals surface area contributed by atoms with Crippen LogP contribution < -0.4 is 15.4 Å². The smallest absolute Gasteiger partial charge is 0.191 e. The minimum absolute atomic E-state index is 0. The third-order valence-corrected chi connectivity index (χ3v) is 4.98. The molecule has 1 aromatic rings. The lowest BCUT2D eigenvalue weighted by atomic mass is 10.2. The first-order chi connectivity index (χ1) is 11.2. The maximum Gasteiger partial charge on any atom is 0.191 e. The van der Waals surface area contributed by atoms with Gasteiger partial charge in [0.1, 0.15) is 5.75 Å². The van der Waals surface area contributed by atoms with Crippen molar-refractivity contribution < 1.29 is 4.74 Å². The van der Waals surface area contributed by atoms with Crippen LogP contribution in [0.25, 0.3) is 0 Å². The van der Waals surface area contributed by atoms with Crippen LogP contribution in [0.5, 0.6) is 5.75 Å². The Labute approximate surface area is 167 Å². The van der Waals surface area contributed by atoms with Crippen LogP contribution in [0.15, 0.2) is 29.3 Å². The summed E-state index contributed by atoms with van der Waals surface area (Å²) in [6.45, 7) is 8.72. The fourth-order valence-electron chi connectivity index (χ4n) is 2.47. The van der Waals surface area contributed by atoms with Crippen molar-refractivity contribution in [3.63, 3.8) is 0 Å². The zero-order valence-electron chi connectivity index (χ0n) is 14.9. The number of nitrogens with one attached hydrogen (secondary N) is 2. The molecular formula is C18H30IN3OS. The predicted octanol–water partition coefficient (Wildman–Crippen LogP) is 4.04. The van der Waals surface area contributed by atoms with Crippen molar-refractivity contribution >= 4 is 41.7 Å². The topological polar surface area (TPSA) is 45.7 Å². The molecule has 136 valence electrons. The lowest BCUT2D eigenvalue weighted by molar-refractivity contribution is 0.242. The average molecular weight is 463 g/mol. The number of halogens is 1. The van der Waals surface area contributed by atoms with E-state index < -0.39 is 0 Å². The highest BCUT2D eigenvalue weighted by Gasteiger charge is 2.15. The van der Waals surface area contributed by atoms with Crippen LogP contribution >= 0.6 is 35.7 Å². The van der Waals surface area contributed by atoms with Crippen LogP contribution in [0, 0.1) is 0 Å². The quantitative estimate of drug-likeness (QED) is 0.364. The minimum Gasteiger partial charge on any atom is -0.491 e. The van der Waals surface area contributed by atoms with Gasteiger partial charge in [0.2, 0.25) is 0 Å². The molecule has 1 unspecified atom stereocenters. The molecule has 0 aromatic heterocycles. The monoisotopic (exact) mass is 463 g/mol. The first-order valence-corrected chi connectivity index (χ1v) is 9.61. The van der Waals surface area contributed by atoms with Gasteiger partial charge in [-0.2, -0.15) is 11.8 Å². The van der Waals surface area contributed by atoms with Gasteiger partial charge in [-0.3, -0.25) is 0 Å². The van der Waals surface area contributed by atoms with Crippen molar-refractivity contribution in [2.24, 2.45) is 4.99 Å². The van der Waals surface area contributed by atoms with E-state index in [2.05, 4.69) is 46.4 Å². The molecule has 2 rings (SSSR count). The van der Waals surface area contributed by atoms with Gasteiger partial charge < -0.3 is 15.4 Å². The van der Waals surface area contributed by atoms with E-state index in [9.17, 15) is 0 Å². The fourth-order valence-corrected chi connectivity index (χ4v) is 3.67. The third kappa shape index (κ3) is 7.96. The van der Waals surface area contributed by atoms with Gasteiger partial charge in [0.25, 0.3) is 0 Å². The number of nitrogens with zero attached hydrogens (tertiary/aromatic N) is 1. The average Bonchev–Trinajstić information content (AvgIpc) is 3.04. The number of aliphatic imine (C=N–C) groups is 1. The largest absolute Gasteiger partial charge is 0.491 e. The summed E-state index contributed by atoms with van der Waals surface area (Å²) in [5, 5.41) is 7.51. The predicted molar refractivity (Wildman–Crippen MR) is 116 cm³/mol. The first kappa shape index (κ1) is 21.4. The Morgan fingerprint density at radius 2 is 2.04 bits per heavy atom. The molecule has 6 heteroatoms. The van der Waals surface area contributed by atoms with Crippen molar-refractivity contribution in [3.8, 4) is 5.75 Å². The molecule has 4 nitrogen and oxygen atoms in total. The van der Waals surface area contributed by atoms with E-state index in [4.69, 9.17) is 4.74 Å². The Hall–Kier alpha value is -0.630. The lowest BCUT2D eigenvalue weighted by Gasteiger charge is -2.14. The van der Waals surface area contributed by atoms with Gasteiger partial charge in [0.15, 0.2) is 5.96 Å². The molecule has 0 bridgehead atoms. The molecule has 2 N–H and O–H groups in total. The summed E-state index contributed by atoms with van der Waals surface area (Å²) in [5.74, 6) is 3.11. The third-order valence-electron chi connectivity index (χ3n) is 3.58. The zero-order chi connectivity index (χ0) is 16.5. The van der Waals surface area contributed by atoms with E-state index in [1.165, 1.54) is 24.2 Å². The molecule has 0 saturated carbocycles. The molecule has 24 heavy (non-hydrogen) atoms. The van der Waals surface area contributed by atoms with E-state index in [0.29, 0.717) is 6.54 Å². The van der Waals surface area contributed by atoms with Crippen LogP contribution in [-0.4, -0.2) is 36.2 Å². The Balaban J connectivity index is 0.00000288. The summed E-state index contributed by atoms with van der Waals surface area (Å²) < 4.78 is 5.67. The Kier molecular flexibility index (Phi) is 10.6. The first-order valence-electron chi connectivity index (χ1n) is 8.56. The number of rotatable bonds is 7. The van der Waals surface area contributed by atoms with Gasteiger partial charge in [0, 0.05) is 18.3 Å².